The number of nitrogens with zero attached hydrogens (tertiary/aromatic N) is 4. The van der Waals surface area contributed by atoms with Crippen molar-refractivity contribution in [2.45, 2.75) is 39.4 Å². The van der Waals surface area contributed by atoms with E-state index in [1.54, 1.807) is 20.8 Å². The summed E-state index contributed by atoms with van der Waals surface area (Å²) in [4.78, 5) is 40.1. The van der Waals surface area contributed by atoms with Gasteiger partial charge in [0.2, 0.25) is 5.91 Å². The number of thiophene rings is 1. The molecular weight excluding hydrogens is 514 g/mol. The van der Waals surface area contributed by atoms with Crippen LogP contribution in [0.5, 0.6) is 0 Å². The van der Waals surface area contributed by atoms with Crippen molar-refractivity contribution in [2.24, 2.45) is 0 Å². The maximum Gasteiger partial charge on any atom is 0.348 e. The summed E-state index contributed by atoms with van der Waals surface area (Å²) in [5.41, 5.74) is 2.58. The lowest BCUT2D eigenvalue weighted by atomic mass is 10.1. The fourth-order valence-corrected chi connectivity index (χ4v) is 5.44. The van der Waals surface area contributed by atoms with Gasteiger partial charge in [-0.15, -0.1) is 21.5 Å². The van der Waals surface area contributed by atoms with Gasteiger partial charge < -0.3 is 24.3 Å². The van der Waals surface area contributed by atoms with Gasteiger partial charge in [-0.2, -0.15) is 0 Å². The number of carbonyl (C=O) groups excluding carboxylic acids is 3. The Labute approximate surface area is 224 Å². The fraction of sp³-hybridized carbons (Fsp3) is 0.400. The van der Waals surface area contributed by atoms with Crippen molar-refractivity contribution >= 4 is 51.6 Å². The molecule has 0 atom stereocenters. The molecule has 12 heteroatoms. The zero-order valence-electron chi connectivity index (χ0n) is 21.8. The average Bonchev–Trinajstić information content (AvgIpc) is 3.43. The molecule has 2 aromatic heterocycles. The van der Waals surface area contributed by atoms with Crippen LogP contribution < -0.4 is 10.2 Å². The van der Waals surface area contributed by atoms with Crippen molar-refractivity contribution in [1.29, 1.82) is 0 Å². The number of benzene rings is 1. The third kappa shape index (κ3) is 6.50. The van der Waals surface area contributed by atoms with Crippen LogP contribution in [-0.4, -0.2) is 65.7 Å². The second-order valence-electron chi connectivity index (χ2n) is 8.03. The van der Waals surface area contributed by atoms with E-state index in [2.05, 4.69) is 15.5 Å². The first-order chi connectivity index (χ1) is 17.7. The minimum atomic E-state index is -0.606. The highest BCUT2D eigenvalue weighted by Crippen LogP contribution is 2.35. The molecule has 1 amide bonds. The van der Waals surface area contributed by atoms with Crippen LogP contribution in [0.2, 0.25) is 0 Å². The lowest BCUT2D eigenvalue weighted by Gasteiger charge is -2.13. The van der Waals surface area contributed by atoms with E-state index in [-0.39, 0.29) is 40.3 Å². The van der Waals surface area contributed by atoms with Gasteiger partial charge in [-0.1, -0.05) is 11.8 Å². The van der Waals surface area contributed by atoms with Crippen LogP contribution in [0.4, 0.5) is 10.7 Å². The molecule has 0 bridgehead atoms. The molecule has 0 saturated heterocycles. The van der Waals surface area contributed by atoms with Gasteiger partial charge >= 0.3 is 11.9 Å². The highest BCUT2D eigenvalue weighted by Gasteiger charge is 2.27. The van der Waals surface area contributed by atoms with Crippen molar-refractivity contribution in [3.63, 3.8) is 0 Å². The Morgan fingerprint density at radius 3 is 2.27 bits per heavy atom. The van der Waals surface area contributed by atoms with E-state index in [4.69, 9.17) is 9.47 Å². The summed E-state index contributed by atoms with van der Waals surface area (Å²) in [6.07, 6.45) is 0. The lowest BCUT2D eigenvalue weighted by Crippen LogP contribution is -2.17. The fourth-order valence-electron chi connectivity index (χ4n) is 3.54. The van der Waals surface area contributed by atoms with Crippen LogP contribution in [0.15, 0.2) is 29.4 Å². The molecule has 37 heavy (non-hydrogen) atoms. The molecule has 0 radical (unpaired) electrons. The zero-order chi connectivity index (χ0) is 27.1. The second kappa shape index (κ2) is 12.7. The largest absolute Gasteiger partial charge is 0.462 e. The molecular formula is C25H31N5O5S2. The van der Waals surface area contributed by atoms with E-state index >= 15 is 0 Å². The van der Waals surface area contributed by atoms with Gasteiger partial charge in [0.1, 0.15) is 9.88 Å². The molecule has 1 aromatic carbocycles. The molecule has 3 rings (SSSR count). The van der Waals surface area contributed by atoms with E-state index in [9.17, 15) is 14.4 Å². The zero-order valence-corrected chi connectivity index (χ0v) is 23.4. The second-order valence-corrected chi connectivity index (χ2v) is 9.99. The third-order valence-corrected chi connectivity index (χ3v) is 7.50. The number of aromatic nitrogens is 3. The van der Waals surface area contributed by atoms with Crippen LogP contribution in [-0.2, 0) is 20.8 Å². The predicted octanol–water partition coefficient (Wildman–Crippen LogP) is 4.49. The van der Waals surface area contributed by atoms with Gasteiger partial charge in [-0.05, 0) is 57.5 Å². The van der Waals surface area contributed by atoms with Crippen LogP contribution in [0.1, 0.15) is 46.4 Å². The van der Waals surface area contributed by atoms with Crippen LogP contribution >= 0.6 is 23.1 Å². The van der Waals surface area contributed by atoms with Gasteiger partial charge in [0.15, 0.2) is 11.0 Å². The summed E-state index contributed by atoms with van der Waals surface area (Å²) in [5.74, 6) is -0.757. The summed E-state index contributed by atoms with van der Waals surface area (Å²) in [6.45, 7) is 8.00. The highest BCUT2D eigenvalue weighted by molar-refractivity contribution is 7.99. The van der Waals surface area contributed by atoms with Crippen LogP contribution in [0.3, 0.4) is 0 Å². The van der Waals surface area contributed by atoms with Gasteiger partial charge in [0, 0.05) is 31.9 Å². The Morgan fingerprint density at radius 2 is 1.68 bits per heavy atom. The Morgan fingerprint density at radius 1 is 1.03 bits per heavy atom. The summed E-state index contributed by atoms with van der Waals surface area (Å²) in [5, 5.41) is 12.2. The normalized spacial score (nSPS) is 10.8. The number of amides is 1. The Bertz CT molecular complexity index is 1270. The Kier molecular flexibility index (Phi) is 9.70. The van der Waals surface area contributed by atoms with Crippen molar-refractivity contribution < 1.29 is 23.9 Å². The van der Waals surface area contributed by atoms with E-state index < -0.39 is 11.9 Å². The van der Waals surface area contributed by atoms with Crippen molar-refractivity contribution in [1.82, 2.24) is 14.8 Å². The van der Waals surface area contributed by atoms with Gasteiger partial charge in [-0.25, -0.2) is 9.59 Å². The average molecular weight is 546 g/mol. The first kappa shape index (κ1) is 28.2. The molecule has 10 nitrogen and oxygen atoms in total. The quantitative estimate of drug-likeness (QED) is 0.275. The molecule has 0 unspecified atom stereocenters. The minimum Gasteiger partial charge on any atom is -0.462 e. The summed E-state index contributed by atoms with van der Waals surface area (Å²) < 4.78 is 12.2. The molecule has 0 aliphatic rings. The molecule has 3 aromatic rings. The standard InChI is InChI=1S/C25H31N5O5S2/c1-7-30-21(16-10-12-17(13-11-16)29(5)6)27-28-25(30)36-14-18(31)26-22-19(23(32)34-8-2)15(4)20(37-22)24(33)35-9-3/h10-13H,7-9,14H2,1-6H3,(H,26,31). The Balaban J connectivity index is 1.77. The van der Waals surface area contributed by atoms with E-state index in [1.165, 1.54) is 11.8 Å². The number of thioether (sulfide) groups is 1. The van der Waals surface area contributed by atoms with E-state index in [0.717, 1.165) is 22.6 Å². The smallest absolute Gasteiger partial charge is 0.348 e. The summed E-state index contributed by atoms with van der Waals surface area (Å²) in [6, 6.07) is 8.01. The summed E-state index contributed by atoms with van der Waals surface area (Å²) in [7, 11) is 3.96. The SMILES string of the molecule is CCOC(=O)c1sc(NC(=O)CSc2nnc(-c3ccc(N(C)C)cc3)n2CC)c(C(=O)OCC)c1C. The maximum atomic E-state index is 12.9. The molecule has 0 fully saturated rings. The van der Waals surface area contributed by atoms with Crippen molar-refractivity contribution in [2.75, 3.05) is 43.3 Å². The Hall–Kier alpha value is -3.38. The van der Waals surface area contributed by atoms with Crippen LogP contribution in [0, 0.1) is 6.92 Å². The predicted molar refractivity (Wildman–Crippen MR) is 146 cm³/mol. The number of esters is 2. The number of hydrogen-bond donors (Lipinski definition) is 1. The minimum absolute atomic E-state index is 0.0334. The molecule has 2 heterocycles. The molecule has 0 saturated carbocycles. The molecule has 198 valence electrons. The van der Waals surface area contributed by atoms with Gasteiger partial charge in [0.05, 0.1) is 24.5 Å². The van der Waals surface area contributed by atoms with Crippen molar-refractivity contribution in [3.8, 4) is 11.4 Å². The first-order valence-corrected chi connectivity index (χ1v) is 13.6. The van der Waals surface area contributed by atoms with E-state index in [0.29, 0.717) is 23.1 Å². The number of nitrogens with one attached hydrogen (secondary N) is 1. The van der Waals surface area contributed by atoms with E-state index in [1.807, 2.05) is 54.8 Å². The topological polar surface area (TPSA) is 116 Å². The van der Waals surface area contributed by atoms with Crippen molar-refractivity contribution in [3.05, 3.63) is 40.3 Å². The maximum absolute atomic E-state index is 12.9. The summed E-state index contributed by atoms with van der Waals surface area (Å²) >= 11 is 2.24. The number of rotatable bonds is 11. The molecule has 1 N–H and O–H groups in total. The molecule has 0 aliphatic carbocycles. The molecule has 0 spiro atoms. The van der Waals surface area contributed by atoms with Gasteiger partial charge in [0.25, 0.3) is 0 Å². The van der Waals surface area contributed by atoms with Gasteiger partial charge in [-0.3, -0.25) is 4.79 Å². The molecule has 0 aliphatic heterocycles. The third-order valence-electron chi connectivity index (χ3n) is 5.35. The number of hydrogen-bond acceptors (Lipinski definition) is 10. The van der Waals surface area contributed by atoms with Crippen LogP contribution in [0.25, 0.3) is 11.4 Å². The highest BCUT2D eigenvalue weighted by atomic mass is 32.2. The number of anilines is 2. The monoisotopic (exact) mass is 545 g/mol. The number of carbonyl (C=O) groups is 3. The first-order valence-electron chi connectivity index (χ1n) is 11.8. The lowest BCUT2D eigenvalue weighted by molar-refractivity contribution is -0.113. The number of ether oxygens (including phenoxy) is 2.